The summed E-state index contributed by atoms with van der Waals surface area (Å²) in [7, 11) is 0. The Kier molecular flexibility index (Phi) is 3.15. The molecule has 0 amide bonds. The average molecular weight is 274 g/mol. The van der Waals surface area contributed by atoms with Crippen molar-refractivity contribution in [2.75, 3.05) is 6.54 Å². The maximum atomic E-state index is 13.4. The highest BCUT2D eigenvalue weighted by atomic mass is 19.2. The Balaban J connectivity index is 2.23. The van der Waals surface area contributed by atoms with Gasteiger partial charge in [-0.1, -0.05) is 0 Å². The van der Waals surface area contributed by atoms with E-state index in [1.165, 1.54) is 6.07 Å². The number of fused-ring (bicyclic) bond motifs is 1. The van der Waals surface area contributed by atoms with E-state index in [1.54, 1.807) is 12.3 Å². The standard InChI is InChI=1S/C14H12F2N4/c15-10-3-2-9(8-11(10)16)13-12(4-5-17)20-7-1-6-18-14(20)19-13/h1-3,6-8H,4-5,17H2. The van der Waals surface area contributed by atoms with E-state index in [9.17, 15) is 8.78 Å². The molecule has 2 aromatic heterocycles. The Labute approximate surface area is 113 Å². The minimum Gasteiger partial charge on any atom is -0.330 e. The van der Waals surface area contributed by atoms with Gasteiger partial charge >= 0.3 is 0 Å². The van der Waals surface area contributed by atoms with Crippen LogP contribution in [0.25, 0.3) is 17.0 Å². The van der Waals surface area contributed by atoms with E-state index in [0.29, 0.717) is 30.0 Å². The van der Waals surface area contributed by atoms with Crippen LogP contribution in [0, 0.1) is 11.6 Å². The predicted octanol–water partition coefficient (Wildman–Crippen LogP) is 2.18. The average Bonchev–Trinajstić information content (AvgIpc) is 2.82. The summed E-state index contributed by atoms with van der Waals surface area (Å²) in [5.41, 5.74) is 7.54. The smallest absolute Gasteiger partial charge is 0.234 e. The van der Waals surface area contributed by atoms with Crippen LogP contribution in [0.5, 0.6) is 0 Å². The first kappa shape index (κ1) is 12.7. The Hall–Kier alpha value is -2.34. The SMILES string of the molecule is NCCc1c(-c2ccc(F)c(F)c2)nc2ncccn12. The summed E-state index contributed by atoms with van der Waals surface area (Å²) in [5.74, 6) is -1.27. The molecule has 6 heteroatoms. The van der Waals surface area contributed by atoms with Gasteiger partial charge in [0.2, 0.25) is 5.78 Å². The molecule has 2 N–H and O–H groups in total. The molecule has 2 heterocycles. The lowest BCUT2D eigenvalue weighted by Crippen LogP contribution is -2.06. The summed E-state index contributed by atoms with van der Waals surface area (Å²) in [5, 5.41) is 0. The van der Waals surface area contributed by atoms with Crippen molar-refractivity contribution < 1.29 is 8.78 Å². The first-order valence-electron chi connectivity index (χ1n) is 6.18. The normalized spacial score (nSPS) is 11.2. The Morgan fingerprint density at radius 3 is 2.80 bits per heavy atom. The van der Waals surface area contributed by atoms with Crippen LogP contribution < -0.4 is 5.73 Å². The van der Waals surface area contributed by atoms with Gasteiger partial charge < -0.3 is 5.73 Å². The summed E-state index contributed by atoms with van der Waals surface area (Å²) in [4.78, 5) is 8.53. The molecule has 4 nitrogen and oxygen atoms in total. The van der Waals surface area contributed by atoms with Crippen LogP contribution >= 0.6 is 0 Å². The minimum absolute atomic E-state index is 0.430. The first-order chi connectivity index (χ1) is 9.70. The Morgan fingerprint density at radius 1 is 1.20 bits per heavy atom. The summed E-state index contributed by atoms with van der Waals surface area (Å²) in [6, 6.07) is 5.51. The van der Waals surface area contributed by atoms with E-state index in [0.717, 1.165) is 17.8 Å². The van der Waals surface area contributed by atoms with E-state index in [1.807, 2.05) is 10.6 Å². The molecule has 0 aliphatic rings. The van der Waals surface area contributed by atoms with E-state index < -0.39 is 11.6 Å². The molecule has 0 atom stereocenters. The van der Waals surface area contributed by atoms with Crippen LogP contribution in [0.4, 0.5) is 8.78 Å². The fraction of sp³-hybridized carbons (Fsp3) is 0.143. The molecule has 1 aromatic carbocycles. The van der Waals surface area contributed by atoms with Crippen LogP contribution in [-0.2, 0) is 6.42 Å². The summed E-state index contributed by atoms with van der Waals surface area (Å²) in [6.45, 7) is 0.430. The monoisotopic (exact) mass is 274 g/mol. The fourth-order valence-electron chi connectivity index (χ4n) is 2.19. The highest BCUT2D eigenvalue weighted by molar-refractivity contribution is 5.65. The van der Waals surface area contributed by atoms with Crippen LogP contribution in [0.1, 0.15) is 5.69 Å². The quantitative estimate of drug-likeness (QED) is 0.796. The van der Waals surface area contributed by atoms with E-state index in [2.05, 4.69) is 9.97 Å². The van der Waals surface area contributed by atoms with Gasteiger partial charge in [-0.05, 0) is 30.8 Å². The fourth-order valence-corrected chi connectivity index (χ4v) is 2.19. The molecular weight excluding hydrogens is 262 g/mol. The number of nitrogens with two attached hydrogens (primary N) is 1. The third-order valence-electron chi connectivity index (χ3n) is 3.08. The number of imidazole rings is 1. The molecule has 3 rings (SSSR count). The van der Waals surface area contributed by atoms with Crippen molar-refractivity contribution in [1.29, 1.82) is 0 Å². The van der Waals surface area contributed by atoms with Gasteiger partial charge in [0.15, 0.2) is 11.6 Å². The predicted molar refractivity (Wildman–Crippen MR) is 71.1 cm³/mol. The van der Waals surface area contributed by atoms with Crippen LogP contribution in [0.3, 0.4) is 0 Å². The summed E-state index contributed by atoms with van der Waals surface area (Å²) >= 11 is 0. The number of benzene rings is 1. The van der Waals surface area contributed by atoms with Gasteiger partial charge in [-0.15, -0.1) is 0 Å². The topological polar surface area (TPSA) is 56.2 Å². The van der Waals surface area contributed by atoms with E-state index in [-0.39, 0.29) is 0 Å². The Morgan fingerprint density at radius 2 is 2.05 bits per heavy atom. The summed E-state index contributed by atoms with van der Waals surface area (Å²) in [6.07, 6.45) is 4.02. The molecule has 0 spiro atoms. The van der Waals surface area contributed by atoms with Gasteiger partial charge in [0.25, 0.3) is 0 Å². The number of aromatic nitrogens is 3. The van der Waals surface area contributed by atoms with Crippen molar-refractivity contribution in [3.8, 4) is 11.3 Å². The van der Waals surface area contributed by atoms with Gasteiger partial charge in [-0.25, -0.2) is 18.7 Å². The lowest BCUT2D eigenvalue weighted by Gasteiger charge is -2.04. The third kappa shape index (κ3) is 2.04. The number of hydrogen-bond donors (Lipinski definition) is 1. The van der Waals surface area contributed by atoms with Gasteiger partial charge in [-0.3, -0.25) is 4.40 Å². The van der Waals surface area contributed by atoms with E-state index >= 15 is 0 Å². The molecule has 0 saturated carbocycles. The number of nitrogens with zero attached hydrogens (tertiary/aromatic N) is 3. The molecule has 0 aliphatic carbocycles. The molecule has 0 fully saturated rings. The largest absolute Gasteiger partial charge is 0.330 e. The molecule has 0 unspecified atom stereocenters. The van der Waals surface area contributed by atoms with E-state index in [4.69, 9.17) is 5.73 Å². The second kappa shape index (κ2) is 4.97. The second-order valence-corrected chi connectivity index (χ2v) is 4.36. The third-order valence-corrected chi connectivity index (χ3v) is 3.08. The van der Waals surface area contributed by atoms with Crippen LogP contribution in [0.15, 0.2) is 36.7 Å². The molecule has 0 aliphatic heterocycles. The number of hydrogen-bond acceptors (Lipinski definition) is 3. The van der Waals surface area contributed by atoms with Crippen molar-refractivity contribution in [2.24, 2.45) is 5.73 Å². The second-order valence-electron chi connectivity index (χ2n) is 4.36. The van der Waals surface area contributed by atoms with Crippen LogP contribution in [-0.4, -0.2) is 20.9 Å². The van der Waals surface area contributed by atoms with Gasteiger partial charge in [-0.2, -0.15) is 0 Å². The summed E-state index contributed by atoms with van der Waals surface area (Å²) < 4.78 is 28.2. The number of halogens is 2. The molecule has 20 heavy (non-hydrogen) atoms. The Bertz CT molecular complexity index is 767. The van der Waals surface area contributed by atoms with Crippen LogP contribution in [0.2, 0.25) is 0 Å². The lowest BCUT2D eigenvalue weighted by molar-refractivity contribution is 0.509. The molecule has 102 valence electrons. The zero-order chi connectivity index (χ0) is 14.1. The van der Waals surface area contributed by atoms with Crippen molar-refractivity contribution >= 4 is 5.78 Å². The van der Waals surface area contributed by atoms with Crippen molar-refractivity contribution in [2.45, 2.75) is 6.42 Å². The maximum absolute atomic E-state index is 13.4. The van der Waals surface area contributed by atoms with Gasteiger partial charge in [0.1, 0.15) is 0 Å². The maximum Gasteiger partial charge on any atom is 0.234 e. The highest BCUT2D eigenvalue weighted by Crippen LogP contribution is 2.25. The van der Waals surface area contributed by atoms with Crippen molar-refractivity contribution in [1.82, 2.24) is 14.4 Å². The lowest BCUT2D eigenvalue weighted by atomic mass is 10.1. The minimum atomic E-state index is -0.897. The molecule has 3 aromatic rings. The first-order valence-corrected chi connectivity index (χ1v) is 6.18. The van der Waals surface area contributed by atoms with Crippen molar-refractivity contribution in [3.05, 3.63) is 54.0 Å². The molecule has 0 saturated heterocycles. The zero-order valence-corrected chi connectivity index (χ0v) is 10.6. The highest BCUT2D eigenvalue weighted by Gasteiger charge is 2.15. The molecule has 0 bridgehead atoms. The molecule has 0 radical (unpaired) electrons. The molecular formula is C14H12F2N4. The number of rotatable bonds is 3. The van der Waals surface area contributed by atoms with Gasteiger partial charge in [0, 0.05) is 24.4 Å². The zero-order valence-electron chi connectivity index (χ0n) is 10.6. The van der Waals surface area contributed by atoms with Crippen molar-refractivity contribution in [3.63, 3.8) is 0 Å². The van der Waals surface area contributed by atoms with Gasteiger partial charge in [0.05, 0.1) is 11.4 Å².